The Morgan fingerprint density at radius 1 is 1.12 bits per heavy atom. The Bertz CT molecular complexity index is 785. The van der Waals surface area contributed by atoms with Crippen LogP contribution in [-0.4, -0.2) is 24.1 Å². The first-order valence-corrected chi connectivity index (χ1v) is 7.92. The van der Waals surface area contributed by atoms with E-state index in [4.69, 9.17) is 4.74 Å². The Labute approximate surface area is 146 Å². The molecule has 0 aliphatic carbocycles. The van der Waals surface area contributed by atoms with Crippen LogP contribution in [0.1, 0.15) is 36.7 Å². The van der Waals surface area contributed by atoms with Crippen molar-refractivity contribution in [1.29, 1.82) is 0 Å². The highest BCUT2D eigenvalue weighted by Gasteiger charge is 2.06. The fourth-order valence-corrected chi connectivity index (χ4v) is 2.11. The van der Waals surface area contributed by atoms with Crippen molar-refractivity contribution in [3.8, 4) is 5.75 Å². The molecular formula is C19H21N3O3. The number of para-hydroxylation sites is 1. The maximum Gasteiger partial charge on any atom is 0.271 e. The maximum absolute atomic E-state index is 12.2. The van der Waals surface area contributed by atoms with Crippen LogP contribution in [-0.2, 0) is 4.79 Å². The largest absolute Gasteiger partial charge is 0.490 e. The van der Waals surface area contributed by atoms with Crippen molar-refractivity contribution in [2.24, 2.45) is 5.10 Å². The van der Waals surface area contributed by atoms with Gasteiger partial charge in [0.2, 0.25) is 5.91 Å². The molecular weight excluding hydrogens is 318 g/mol. The lowest BCUT2D eigenvalue weighted by atomic mass is 10.2. The zero-order valence-electron chi connectivity index (χ0n) is 14.4. The molecule has 0 saturated carbocycles. The van der Waals surface area contributed by atoms with Gasteiger partial charge in [0.25, 0.3) is 5.91 Å². The first-order chi connectivity index (χ1) is 12.0. The summed E-state index contributed by atoms with van der Waals surface area (Å²) in [6, 6.07) is 14.1. The molecule has 0 bridgehead atoms. The lowest BCUT2D eigenvalue weighted by Crippen LogP contribution is -2.18. The number of rotatable bonds is 6. The van der Waals surface area contributed by atoms with Gasteiger partial charge in [-0.2, -0.15) is 5.10 Å². The molecule has 0 spiro atoms. The van der Waals surface area contributed by atoms with Gasteiger partial charge < -0.3 is 10.1 Å². The van der Waals surface area contributed by atoms with E-state index in [0.717, 1.165) is 5.56 Å². The zero-order valence-corrected chi connectivity index (χ0v) is 14.4. The van der Waals surface area contributed by atoms with Crippen molar-refractivity contribution < 1.29 is 14.3 Å². The van der Waals surface area contributed by atoms with Gasteiger partial charge in [-0.05, 0) is 44.2 Å². The number of carbonyl (C=O) groups is 2. The van der Waals surface area contributed by atoms with Gasteiger partial charge in [0, 0.05) is 23.7 Å². The molecule has 0 saturated heterocycles. The summed E-state index contributed by atoms with van der Waals surface area (Å²) in [4.78, 5) is 23.3. The third-order valence-electron chi connectivity index (χ3n) is 3.10. The SMILES string of the molecule is CC(=O)Nc1cccc(C(=O)N/N=C\c2ccccc2OC(C)C)c1. The van der Waals surface area contributed by atoms with E-state index in [1.807, 2.05) is 38.1 Å². The molecule has 2 rings (SSSR count). The van der Waals surface area contributed by atoms with Crippen molar-refractivity contribution in [3.05, 3.63) is 59.7 Å². The summed E-state index contributed by atoms with van der Waals surface area (Å²) in [6.45, 7) is 5.29. The summed E-state index contributed by atoms with van der Waals surface area (Å²) in [5.41, 5.74) is 4.19. The quantitative estimate of drug-likeness (QED) is 0.626. The topological polar surface area (TPSA) is 79.8 Å². The summed E-state index contributed by atoms with van der Waals surface area (Å²) in [5.74, 6) is 0.131. The minimum absolute atomic E-state index is 0.0423. The van der Waals surface area contributed by atoms with Crippen LogP contribution in [0.25, 0.3) is 0 Å². The van der Waals surface area contributed by atoms with Gasteiger partial charge in [-0.15, -0.1) is 0 Å². The van der Waals surface area contributed by atoms with Crippen molar-refractivity contribution in [3.63, 3.8) is 0 Å². The number of hydrogen-bond acceptors (Lipinski definition) is 4. The molecule has 2 aromatic carbocycles. The van der Waals surface area contributed by atoms with E-state index in [-0.39, 0.29) is 17.9 Å². The molecule has 0 fully saturated rings. The Hall–Kier alpha value is -3.15. The highest BCUT2D eigenvalue weighted by atomic mass is 16.5. The normalized spacial score (nSPS) is 10.7. The number of anilines is 1. The predicted molar refractivity (Wildman–Crippen MR) is 98.0 cm³/mol. The summed E-state index contributed by atoms with van der Waals surface area (Å²) in [5, 5.41) is 6.62. The molecule has 0 aromatic heterocycles. The van der Waals surface area contributed by atoms with Crippen LogP contribution in [0.15, 0.2) is 53.6 Å². The first-order valence-electron chi connectivity index (χ1n) is 7.92. The summed E-state index contributed by atoms with van der Waals surface area (Å²) in [6.07, 6.45) is 1.58. The molecule has 2 aromatic rings. The van der Waals surface area contributed by atoms with Crippen molar-refractivity contribution >= 4 is 23.7 Å². The molecule has 25 heavy (non-hydrogen) atoms. The van der Waals surface area contributed by atoms with Crippen LogP contribution in [0, 0.1) is 0 Å². The number of nitrogens with one attached hydrogen (secondary N) is 2. The van der Waals surface area contributed by atoms with Gasteiger partial charge in [0.15, 0.2) is 0 Å². The highest BCUT2D eigenvalue weighted by molar-refractivity contribution is 5.97. The van der Waals surface area contributed by atoms with Crippen LogP contribution in [0.5, 0.6) is 5.75 Å². The molecule has 130 valence electrons. The zero-order chi connectivity index (χ0) is 18.2. The summed E-state index contributed by atoms with van der Waals surface area (Å²) in [7, 11) is 0. The third-order valence-corrected chi connectivity index (χ3v) is 3.10. The molecule has 0 aliphatic heterocycles. The molecule has 0 aliphatic rings. The van der Waals surface area contributed by atoms with Crippen LogP contribution in [0.2, 0.25) is 0 Å². The Morgan fingerprint density at radius 2 is 1.88 bits per heavy atom. The lowest BCUT2D eigenvalue weighted by Gasteiger charge is -2.11. The first kappa shape index (κ1) is 18.2. The van der Waals surface area contributed by atoms with E-state index in [0.29, 0.717) is 17.0 Å². The molecule has 2 amide bonds. The van der Waals surface area contributed by atoms with Crippen LogP contribution in [0.3, 0.4) is 0 Å². The fraction of sp³-hybridized carbons (Fsp3) is 0.211. The van der Waals surface area contributed by atoms with Crippen molar-refractivity contribution in [2.75, 3.05) is 5.32 Å². The number of hydrazone groups is 1. The van der Waals surface area contributed by atoms with Gasteiger partial charge in [-0.3, -0.25) is 9.59 Å². The average molecular weight is 339 g/mol. The van der Waals surface area contributed by atoms with E-state index in [1.165, 1.54) is 13.1 Å². The van der Waals surface area contributed by atoms with Gasteiger partial charge in [0.1, 0.15) is 5.75 Å². The number of hydrogen-bond donors (Lipinski definition) is 2. The number of amides is 2. The smallest absolute Gasteiger partial charge is 0.271 e. The molecule has 2 N–H and O–H groups in total. The highest BCUT2D eigenvalue weighted by Crippen LogP contribution is 2.17. The van der Waals surface area contributed by atoms with E-state index in [1.54, 1.807) is 24.3 Å². The summed E-state index contributed by atoms with van der Waals surface area (Å²) < 4.78 is 5.70. The monoisotopic (exact) mass is 339 g/mol. The van der Waals surface area contributed by atoms with Crippen LogP contribution >= 0.6 is 0 Å². The predicted octanol–water partition coefficient (Wildman–Crippen LogP) is 3.20. The second-order valence-corrected chi connectivity index (χ2v) is 5.67. The minimum Gasteiger partial charge on any atom is -0.490 e. The Balaban J connectivity index is 2.05. The third kappa shape index (κ3) is 5.76. The van der Waals surface area contributed by atoms with Crippen LogP contribution < -0.4 is 15.5 Å². The molecule has 0 radical (unpaired) electrons. The number of nitrogens with zero attached hydrogens (tertiary/aromatic N) is 1. The number of carbonyl (C=O) groups excluding carboxylic acids is 2. The minimum atomic E-state index is -0.370. The molecule has 0 atom stereocenters. The van der Waals surface area contributed by atoms with Gasteiger partial charge in [-0.1, -0.05) is 18.2 Å². The van der Waals surface area contributed by atoms with E-state index < -0.39 is 0 Å². The average Bonchev–Trinajstić information content (AvgIpc) is 2.55. The molecule has 0 unspecified atom stereocenters. The number of benzene rings is 2. The van der Waals surface area contributed by atoms with Crippen molar-refractivity contribution in [2.45, 2.75) is 26.9 Å². The van der Waals surface area contributed by atoms with Gasteiger partial charge in [-0.25, -0.2) is 5.43 Å². The molecule has 6 heteroatoms. The van der Waals surface area contributed by atoms with E-state index in [2.05, 4.69) is 15.8 Å². The molecule has 6 nitrogen and oxygen atoms in total. The number of ether oxygens (including phenoxy) is 1. The van der Waals surface area contributed by atoms with E-state index in [9.17, 15) is 9.59 Å². The maximum atomic E-state index is 12.2. The molecule has 0 heterocycles. The Morgan fingerprint density at radius 3 is 2.60 bits per heavy atom. The van der Waals surface area contributed by atoms with Crippen LogP contribution in [0.4, 0.5) is 5.69 Å². The summed E-state index contributed by atoms with van der Waals surface area (Å²) >= 11 is 0. The lowest BCUT2D eigenvalue weighted by molar-refractivity contribution is -0.114. The second-order valence-electron chi connectivity index (χ2n) is 5.67. The standard InChI is InChI=1S/C19H21N3O3/c1-13(2)25-18-10-5-4-7-16(18)12-20-22-19(24)15-8-6-9-17(11-15)21-14(3)23/h4-13H,1-3H3,(H,21,23)(H,22,24)/b20-12-. The van der Waals surface area contributed by atoms with Gasteiger partial charge in [0.05, 0.1) is 12.3 Å². The van der Waals surface area contributed by atoms with Crippen molar-refractivity contribution in [1.82, 2.24) is 5.43 Å². The second kappa shape index (κ2) is 8.63. The van der Waals surface area contributed by atoms with Gasteiger partial charge >= 0.3 is 0 Å². The Kier molecular flexibility index (Phi) is 6.28. The fourth-order valence-electron chi connectivity index (χ4n) is 2.11. The van der Waals surface area contributed by atoms with E-state index >= 15 is 0 Å².